The smallest absolute Gasteiger partial charge is 0.320 e. The molecule has 2 amide bonds. The molecule has 0 saturated carbocycles. The first kappa shape index (κ1) is 12.5. The van der Waals surface area contributed by atoms with Crippen LogP contribution in [0.5, 0.6) is 0 Å². The van der Waals surface area contributed by atoms with E-state index < -0.39 is 0 Å². The van der Waals surface area contributed by atoms with Gasteiger partial charge in [0.05, 0.1) is 0 Å². The molecule has 2 N–H and O–H groups in total. The van der Waals surface area contributed by atoms with Gasteiger partial charge in [-0.25, -0.2) is 4.79 Å². The van der Waals surface area contributed by atoms with Crippen molar-refractivity contribution >= 4 is 18.4 Å². The molecule has 0 unspecified atom stereocenters. The minimum absolute atomic E-state index is 0. The van der Waals surface area contributed by atoms with Crippen molar-refractivity contribution in [3.05, 3.63) is 0 Å². The van der Waals surface area contributed by atoms with E-state index in [9.17, 15) is 4.79 Å². The molecule has 6 heteroatoms. The number of piperazine rings is 2. The molecule has 2 aliphatic rings. The Hall–Kier alpha value is -0.520. The molecule has 2 aliphatic heterocycles. The normalized spacial score (nSPS) is 22.1. The molecule has 2 heterocycles. The Labute approximate surface area is 96.6 Å². The summed E-state index contributed by atoms with van der Waals surface area (Å²) in [5.41, 5.74) is 0. The highest BCUT2D eigenvalue weighted by Crippen LogP contribution is 2.02. The third-order valence-electron chi connectivity index (χ3n) is 2.78. The van der Waals surface area contributed by atoms with Gasteiger partial charge in [0.2, 0.25) is 0 Å². The molecule has 0 aromatic heterocycles. The van der Waals surface area contributed by atoms with E-state index in [0.29, 0.717) is 0 Å². The summed E-state index contributed by atoms with van der Waals surface area (Å²) in [5.74, 6) is 0. The van der Waals surface area contributed by atoms with Crippen molar-refractivity contribution in [2.45, 2.75) is 0 Å². The molecule has 0 atom stereocenters. The highest BCUT2D eigenvalue weighted by atomic mass is 35.5. The van der Waals surface area contributed by atoms with E-state index in [4.69, 9.17) is 0 Å². The maximum Gasteiger partial charge on any atom is 0.320 e. The quantitative estimate of drug-likeness (QED) is 0.585. The summed E-state index contributed by atoms with van der Waals surface area (Å²) in [7, 11) is 0. The fourth-order valence-corrected chi connectivity index (χ4v) is 1.91. The molecule has 5 nitrogen and oxygen atoms in total. The Morgan fingerprint density at radius 1 is 0.800 bits per heavy atom. The van der Waals surface area contributed by atoms with Crippen LogP contribution in [0.2, 0.25) is 0 Å². The van der Waals surface area contributed by atoms with Crippen molar-refractivity contribution in [2.24, 2.45) is 0 Å². The van der Waals surface area contributed by atoms with Gasteiger partial charge in [-0.2, -0.15) is 0 Å². The number of halogens is 1. The summed E-state index contributed by atoms with van der Waals surface area (Å²) in [4.78, 5) is 15.8. The van der Waals surface area contributed by atoms with Gasteiger partial charge in [-0.15, -0.1) is 12.4 Å². The summed E-state index contributed by atoms with van der Waals surface area (Å²) in [5, 5.41) is 6.50. The molecule has 0 spiro atoms. The topological polar surface area (TPSA) is 47.6 Å². The van der Waals surface area contributed by atoms with Crippen molar-refractivity contribution in [3.63, 3.8) is 0 Å². The molecule has 0 radical (unpaired) electrons. The average molecular weight is 235 g/mol. The lowest BCUT2D eigenvalue weighted by Crippen LogP contribution is -2.55. The van der Waals surface area contributed by atoms with Crippen LogP contribution in [0.3, 0.4) is 0 Å². The fourth-order valence-electron chi connectivity index (χ4n) is 1.91. The SMILES string of the molecule is Cl.O=C(N1CCNCC1)N1CCNCC1. The number of nitrogens with one attached hydrogen (secondary N) is 2. The molecule has 2 saturated heterocycles. The van der Waals surface area contributed by atoms with Gasteiger partial charge in [0.15, 0.2) is 0 Å². The Morgan fingerprint density at radius 2 is 1.13 bits per heavy atom. The lowest BCUT2D eigenvalue weighted by molar-refractivity contribution is 0.141. The fraction of sp³-hybridized carbons (Fsp3) is 0.889. The number of hydrogen-bond acceptors (Lipinski definition) is 3. The second-order valence-electron chi connectivity index (χ2n) is 3.76. The van der Waals surface area contributed by atoms with Crippen LogP contribution in [0.1, 0.15) is 0 Å². The van der Waals surface area contributed by atoms with Gasteiger partial charge in [-0.05, 0) is 0 Å². The molecule has 2 rings (SSSR count). The molecule has 0 aromatic rings. The Kier molecular flexibility index (Phi) is 5.14. The van der Waals surface area contributed by atoms with Crippen LogP contribution in [-0.2, 0) is 0 Å². The second kappa shape index (κ2) is 6.15. The molecule has 15 heavy (non-hydrogen) atoms. The highest BCUT2D eigenvalue weighted by molar-refractivity contribution is 5.85. The maximum atomic E-state index is 11.9. The van der Waals surface area contributed by atoms with E-state index in [2.05, 4.69) is 10.6 Å². The number of urea groups is 1. The summed E-state index contributed by atoms with van der Waals surface area (Å²) in [6.45, 7) is 7.11. The first-order valence-corrected chi connectivity index (χ1v) is 5.33. The largest absolute Gasteiger partial charge is 0.322 e. The first-order chi connectivity index (χ1) is 6.88. The van der Waals surface area contributed by atoms with Crippen LogP contribution < -0.4 is 10.6 Å². The monoisotopic (exact) mass is 234 g/mol. The van der Waals surface area contributed by atoms with Gasteiger partial charge in [0, 0.05) is 52.4 Å². The van der Waals surface area contributed by atoms with E-state index in [1.165, 1.54) is 0 Å². The van der Waals surface area contributed by atoms with Gasteiger partial charge in [-0.1, -0.05) is 0 Å². The predicted octanol–water partition coefficient (Wildman–Crippen LogP) is -0.661. The highest BCUT2D eigenvalue weighted by Gasteiger charge is 2.23. The molecular formula is C9H19ClN4O. The number of rotatable bonds is 0. The Bertz CT molecular complexity index is 182. The molecule has 0 aliphatic carbocycles. The first-order valence-electron chi connectivity index (χ1n) is 5.33. The average Bonchev–Trinajstić information content (AvgIpc) is 2.30. The lowest BCUT2D eigenvalue weighted by atomic mass is 10.3. The van der Waals surface area contributed by atoms with Crippen LogP contribution in [0.4, 0.5) is 4.79 Å². The van der Waals surface area contributed by atoms with Gasteiger partial charge >= 0.3 is 6.03 Å². The summed E-state index contributed by atoms with van der Waals surface area (Å²) in [6.07, 6.45) is 0. The molecule has 0 bridgehead atoms. The zero-order valence-electron chi connectivity index (χ0n) is 8.87. The second-order valence-corrected chi connectivity index (χ2v) is 3.76. The van der Waals surface area contributed by atoms with Crippen molar-refractivity contribution in [1.82, 2.24) is 20.4 Å². The maximum absolute atomic E-state index is 11.9. The van der Waals surface area contributed by atoms with Crippen molar-refractivity contribution < 1.29 is 4.79 Å². The number of amides is 2. The van der Waals surface area contributed by atoms with E-state index in [1.807, 2.05) is 9.80 Å². The van der Waals surface area contributed by atoms with E-state index >= 15 is 0 Å². The van der Waals surface area contributed by atoms with Crippen LogP contribution in [0.15, 0.2) is 0 Å². The number of carbonyl (C=O) groups is 1. The third-order valence-corrected chi connectivity index (χ3v) is 2.78. The van der Waals surface area contributed by atoms with Crippen LogP contribution in [0, 0.1) is 0 Å². The van der Waals surface area contributed by atoms with Gasteiger partial charge in [-0.3, -0.25) is 0 Å². The van der Waals surface area contributed by atoms with Gasteiger partial charge in [0.25, 0.3) is 0 Å². The predicted molar refractivity (Wildman–Crippen MR) is 61.5 cm³/mol. The zero-order chi connectivity index (χ0) is 9.80. The van der Waals surface area contributed by atoms with Crippen molar-refractivity contribution in [3.8, 4) is 0 Å². The third kappa shape index (κ3) is 3.22. The minimum Gasteiger partial charge on any atom is -0.322 e. The molecule has 2 fully saturated rings. The molecule has 0 aromatic carbocycles. The lowest BCUT2D eigenvalue weighted by Gasteiger charge is -2.35. The summed E-state index contributed by atoms with van der Waals surface area (Å²) < 4.78 is 0. The number of carbonyl (C=O) groups excluding carboxylic acids is 1. The van der Waals surface area contributed by atoms with E-state index in [0.717, 1.165) is 52.4 Å². The van der Waals surface area contributed by atoms with Crippen molar-refractivity contribution in [2.75, 3.05) is 52.4 Å². The van der Waals surface area contributed by atoms with Crippen LogP contribution in [0.25, 0.3) is 0 Å². The Balaban J connectivity index is 0.00000112. The number of hydrogen-bond donors (Lipinski definition) is 2. The van der Waals surface area contributed by atoms with E-state index in [1.54, 1.807) is 0 Å². The standard InChI is InChI=1S/C9H18N4O.ClH/c14-9(12-5-1-10-2-6-12)13-7-3-11-4-8-13;/h10-11H,1-8H2;1H. The Morgan fingerprint density at radius 3 is 1.47 bits per heavy atom. The van der Waals surface area contributed by atoms with Gasteiger partial charge in [0.1, 0.15) is 0 Å². The summed E-state index contributed by atoms with van der Waals surface area (Å²) >= 11 is 0. The van der Waals surface area contributed by atoms with Crippen LogP contribution >= 0.6 is 12.4 Å². The minimum atomic E-state index is 0. The molecular weight excluding hydrogens is 216 g/mol. The van der Waals surface area contributed by atoms with E-state index in [-0.39, 0.29) is 18.4 Å². The number of nitrogens with zero attached hydrogens (tertiary/aromatic N) is 2. The van der Waals surface area contributed by atoms with Gasteiger partial charge < -0.3 is 20.4 Å². The molecule has 88 valence electrons. The summed E-state index contributed by atoms with van der Waals surface area (Å²) in [6, 6.07) is 0.216. The van der Waals surface area contributed by atoms with Crippen molar-refractivity contribution in [1.29, 1.82) is 0 Å². The van der Waals surface area contributed by atoms with Crippen LogP contribution in [-0.4, -0.2) is 68.2 Å². The zero-order valence-corrected chi connectivity index (χ0v) is 9.68.